The van der Waals surface area contributed by atoms with Gasteiger partial charge in [0.2, 0.25) is 0 Å². The summed E-state index contributed by atoms with van der Waals surface area (Å²) in [5.41, 5.74) is 5.81. The van der Waals surface area contributed by atoms with Crippen molar-refractivity contribution in [3.63, 3.8) is 0 Å². The van der Waals surface area contributed by atoms with Crippen LogP contribution in [0.2, 0.25) is 0 Å². The molecule has 3 heterocycles. The Bertz CT molecular complexity index is 1510. The van der Waals surface area contributed by atoms with E-state index in [2.05, 4.69) is 83.8 Å². The van der Waals surface area contributed by atoms with Crippen LogP contribution in [0, 0.1) is 0 Å². The summed E-state index contributed by atoms with van der Waals surface area (Å²) in [6.07, 6.45) is 12.7. The van der Waals surface area contributed by atoms with E-state index in [-0.39, 0.29) is 6.04 Å². The van der Waals surface area contributed by atoms with E-state index in [4.69, 9.17) is 9.97 Å². The van der Waals surface area contributed by atoms with Crippen molar-refractivity contribution in [1.29, 1.82) is 0 Å². The third kappa shape index (κ3) is 2.23. The normalized spacial score (nSPS) is 19.3. The van der Waals surface area contributed by atoms with Crippen LogP contribution in [-0.2, 0) is 0 Å². The number of para-hydroxylation sites is 1. The van der Waals surface area contributed by atoms with Gasteiger partial charge in [-0.05, 0) is 35.2 Å². The van der Waals surface area contributed by atoms with E-state index < -0.39 is 0 Å². The van der Waals surface area contributed by atoms with E-state index in [9.17, 15) is 0 Å². The summed E-state index contributed by atoms with van der Waals surface area (Å²) in [7, 11) is 0. The molecule has 2 atom stereocenters. The minimum Gasteiger partial charge on any atom is -0.333 e. The van der Waals surface area contributed by atoms with Crippen LogP contribution in [0.1, 0.15) is 11.5 Å². The number of rotatable bonds is 1. The third-order valence-electron chi connectivity index (χ3n) is 6.65. The van der Waals surface area contributed by atoms with Crippen molar-refractivity contribution in [3.05, 3.63) is 109 Å². The van der Waals surface area contributed by atoms with Gasteiger partial charge < -0.3 is 4.90 Å². The molecule has 1 aliphatic heterocycles. The molecular formula is C28H19N3. The van der Waals surface area contributed by atoms with Crippen molar-refractivity contribution in [3.8, 4) is 0 Å². The van der Waals surface area contributed by atoms with E-state index in [1.807, 2.05) is 24.5 Å². The lowest BCUT2D eigenvalue weighted by atomic mass is 9.89. The van der Waals surface area contributed by atoms with Crippen molar-refractivity contribution in [2.75, 3.05) is 4.90 Å². The minimum absolute atomic E-state index is 0.268. The van der Waals surface area contributed by atoms with Crippen LogP contribution < -0.4 is 4.90 Å². The van der Waals surface area contributed by atoms with Crippen molar-refractivity contribution in [2.45, 2.75) is 12.0 Å². The molecule has 3 nitrogen and oxygen atoms in total. The van der Waals surface area contributed by atoms with E-state index in [1.54, 1.807) is 0 Å². The van der Waals surface area contributed by atoms with Crippen LogP contribution in [0.4, 0.5) is 11.4 Å². The molecule has 31 heavy (non-hydrogen) atoms. The second kappa shape index (κ2) is 6.26. The summed E-state index contributed by atoms with van der Waals surface area (Å²) >= 11 is 0. The van der Waals surface area contributed by atoms with Crippen molar-refractivity contribution < 1.29 is 0 Å². The summed E-state index contributed by atoms with van der Waals surface area (Å²) < 4.78 is 0. The van der Waals surface area contributed by atoms with Gasteiger partial charge in [-0.3, -0.25) is 9.97 Å². The molecule has 1 aliphatic carbocycles. The molecule has 0 amide bonds. The maximum absolute atomic E-state index is 4.76. The van der Waals surface area contributed by atoms with Crippen LogP contribution in [0.3, 0.4) is 0 Å². The minimum atomic E-state index is 0.268. The molecule has 0 N–H and O–H groups in total. The largest absolute Gasteiger partial charge is 0.333 e. The molecule has 0 fully saturated rings. The zero-order valence-corrected chi connectivity index (χ0v) is 16.8. The number of pyridine rings is 2. The first kappa shape index (κ1) is 16.8. The van der Waals surface area contributed by atoms with Crippen LogP contribution in [0.5, 0.6) is 0 Å². The van der Waals surface area contributed by atoms with Gasteiger partial charge in [-0.25, -0.2) is 0 Å². The van der Waals surface area contributed by atoms with E-state index >= 15 is 0 Å². The number of fused-ring (bicyclic) bond motifs is 10. The van der Waals surface area contributed by atoms with E-state index in [1.165, 1.54) is 27.7 Å². The summed E-state index contributed by atoms with van der Waals surface area (Å²) in [5, 5.41) is 4.81. The van der Waals surface area contributed by atoms with Gasteiger partial charge in [0, 0.05) is 40.2 Å². The Morgan fingerprint density at radius 1 is 0.645 bits per heavy atom. The van der Waals surface area contributed by atoms with Gasteiger partial charge in [-0.15, -0.1) is 0 Å². The van der Waals surface area contributed by atoms with Gasteiger partial charge in [-0.2, -0.15) is 0 Å². The topological polar surface area (TPSA) is 29.0 Å². The monoisotopic (exact) mass is 397 g/mol. The van der Waals surface area contributed by atoms with E-state index in [0.717, 1.165) is 21.8 Å². The van der Waals surface area contributed by atoms with Gasteiger partial charge in [0.15, 0.2) is 0 Å². The van der Waals surface area contributed by atoms with Gasteiger partial charge in [0.1, 0.15) is 0 Å². The maximum atomic E-state index is 4.76. The van der Waals surface area contributed by atoms with Crippen molar-refractivity contribution in [1.82, 2.24) is 9.97 Å². The molecule has 2 unspecified atom stereocenters. The molecule has 3 heteroatoms. The van der Waals surface area contributed by atoms with Crippen LogP contribution in [0.15, 0.2) is 103 Å². The number of hydrogen-bond donors (Lipinski definition) is 0. The highest BCUT2D eigenvalue weighted by Gasteiger charge is 2.39. The summed E-state index contributed by atoms with van der Waals surface area (Å²) in [6, 6.07) is 24.0. The first-order chi connectivity index (χ1) is 15.4. The smallest absolute Gasteiger partial charge is 0.0971 e. The van der Waals surface area contributed by atoms with E-state index in [0.29, 0.717) is 5.92 Å². The Morgan fingerprint density at radius 3 is 2.23 bits per heavy atom. The SMILES string of the molecule is C1=CC2c3ccc4c5cccnc5c5ncccc5c4c3N(c3ccccc3)C2C=C1. The summed E-state index contributed by atoms with van der Waals surface area (Å²) in [4.78, 5) is 12.0. The highest BCUT2D eigenvalue weighted by molar-refractivity contribution is 6.27. The fourth-order valence-electron chi connectivity index (χ4n) is 5.41. The molecule has 5 aromatic rings. The first-order valence-electron chi connectivity index (χ1n) is 10.7. The maximum Gasteiger partial charge on any atom is 0.0971 e. The fourth-order valence-corrected chi connectivity index (χ4v) is 5.41. The Labute approximate surface area is 180 Å². The molecule has 3 aromatic carbocycles. The molecule has 0 radical (unpaired) electrons. The van der Waals surface area contributed by atoms with Gasteiger partial charge in [0.05, 0.1) is 22.8 Å². The molecule has 0 saturated carbocycles. The molecule has 146 valence electrons. The molecule has 7 rings (SSSR count). The average Bonchev–Trinajstić information content (AvgIpc) is 3.19. The quantitative estimate of drug-likeness (QED) is 0.296. The molecule has 2 aromatic heterocycles. The lowest BCUT2D eigenvalue weighted by Crippen LogP contribution is -2.28. The standard InChI is InChI=1S/C28H19N3/c1-2-8-18(9-3-1)31-24-13-5-4-10-19(24)22-15-14-20-21-11-6-16-29-26(21)27-23(12-7-17-30-27)25(20)28(22)31/h1-17,19,24H. The highest BCUT2D eigenvalue weighted by Crippen LogP contribution is 2.52. The zero-order chi connectivity index (χ0) is 20.4. The lowest BCUT2D eigenvalue weighted by molar-refractivity contribution is 0.745. The fraction of sp³-hybridized carbons (Fsp3) is 0.0714. The highest BCUT2D eigenvalue weighted by atomic mass is 15.2. The summed E-state index contributed by atoms with van der Waals surface area (Å²) in [6.45, 7) is 0. The van der Waals surface area contributed by atoms with Crippen molar-refractivity contribution in [2.24, 2.45) is 0 Å². The van der Waals surface area contributed by atoms with Gasteiger partial charge in [0.25, 0.3) is 0 Å². The third-order valence-corrected chi connectivity index (χ3v) is 6.65. The molecule has 0 saturated heterocycles. The molecule has 0 spiro atoms. The number of benzene rings is 3. The number of anilines is 2. The Balaban J connectivity index is 1.70. The lowest BCUT2D eigenvalue weighted by Gasteiger charge is -2.29. The average molecular weight is 397 g/mol. The number of allylic oxidation sites excluding steroid dienone is 2. The zero-order valence-electron chi connectivity index (χ0n) is 16.8. The van der Waals surface area contributed by atoms with Crippen LogP contribution in [-0.4, -0.2) is 16.0 Å². The first-order valence-corrected chi connectivity index (χ1v) is 10.7. The van der Waals surface area contributed by atoms with Gasteiger partial charge in [-0.1, -0.05) is 66.8 Å². The number of hydrogen-bond acceptors (Lipinski definition) is 3. The molecular weight excluding hydrogens is 378 g/mol. The van der Waals surface area contributed by atoms with Gasteiger partial charge >= 0.3 is 0 Å². The predicted octanol–water partition coefficient (Wildman–Crippen LogP) is 6.67. The number of nitrogens with zero attached hydrogens (tertiary/aromatic N) is 3. The second-order valence-electron chi connectivity index (χ2n) is 8.22. The Kier molecular flexibility index (Phi) is 3.39. The van der Waals surface area contributed by atoms with Crippen molar-refractivity contribution >= 4 is 44.0 Å². The molecule has 2 aliphatic rings. The predicted molar refractivity (Wildman–Crippen MR) is 128 cm³/mol. The summed E-state index contributed by atoms with van der Waals surface area (Å²) in [5.74, 6) is 0.334. The Hall–Kier alpha value is -3.98. The van der Waals surface area contributed by atoms with Crippen LogP contribution >= 0.6 is 0 Å². The number of aromatic nitrogens is 2. The molecule has 0 bridgehead atoms. The van der Waals surface area contributed by atoms with Crippen LogP contribution in [0.25, 0.3) is 32.6 Å². The second-order valence-corrected chi connectivity index (χ2v) is 8.22. The Morgan fingerprint density at radius 2 is 1.39 bits per heavy atom.